The highest BCUT2D eigenvalue weighted by Crippen LogP contribution is 2.38. The lowest BCUT2D eigenvalue weighted by molar-refractivity contribution is 0.0441. The number of carbonyl (C=O) groups is 2. The summed E-state index contributed by atoms with van der Waals surface area (Å²) < 4.78 is 14.3. The zero-order chi connectivity index (χ0) is 26.3. The Kier molecular flexibility index (Phi) is 6.33. The lowest BCUT2D eigenvalue weighted by atomic mass is 9.91. The standard InChI is InChI=1S/C26H31N7O4/c1-26(2,15-28-30-27)37-25(35)32-14-16-13-18(7-8-20(16)29-32)33(17-5-6-17)24(34)23-19-11-12-31(3)21(19)9-10-22(23)36-4/h9-12,14,17-18H,5-8,13,15H2,1-4H3. The van der Waals surface area contributed by atoms with Crippen LogP contribution in [0.3, 0.4) is 0 Å². The summed E-state index contributed by atoms with van der Waals surface area (Å²) >= 11 is 0. The third-order valence-electron chi connectivity index (χ3n) is 7.14. The van der Waals surface area contributed by atoms with Gasteiger partial charge in [0.25, 0.3) is 5.91 Å². The molecule has 0 radical (unpaired) electrons. The third kappa shape index (κ3) is 4.74. The molecule has 0 saturated heterocycles. The lowest BCUT2D eigenvalue weighted by Gasteiger charge is -2.34. The Morgan fingerprint density at radius 3 is 2.73 bits per heavy atom. The number of hydrogen-bond donors (Lipinski definition) is 0. The van der Waals surface area contributed by atoms with Gasteiger partial charge in [0.05, 0.1) is 24.9 Å². The Balaban J connectivity index is 1.40. The fraction of sp³-hybridized carbons (Fsp3) is 0.500. The van der Waals surface area contributed by atoms with Crippen LogP contribution < -0.4 is 4.74 Å². The summed E-state index contributed by atoms with van der Waals surface area (Å²) in [5.41, 5.74) is 11.0. The van der Waals surface area contributed by atoms with Gasteiger partial charge in [-0.2, -0.15) is 9.78 Å². The van der Waals surface area contributed by atoms with Crippen molar-refractivity contribution in [3.8, 4) is 5.75 Å². The highest BCUT2D eigenvalue weighted by Gasteiger charge is 2.41. The van der Waals surface area contributed by atoms with Gasteiger partial charge < -0.3 is 18.9 Å². The van der Waals surface area contributed by atoms with Crippen molar-refractivity contribution < 1.29 is 19.1 Å². The first-order valence-electron chi connectivity index (χ1n) is 12.5. The van der Waals surface area contributed by atoms with Crippen molar-refractivity contribution in [1.82, 2.24) is 19.2 Å². The van der Waals surface area contributed by atoms with E-state index in [9.17, 15) is 9.59 Å². The molecule has 5 rings (SSSR count). The van der Waals surface area contributed by atoms with Crippen LogP contribution in [0.2, 0.25) is 0 Å². The van der Waals surface area contributed by atoms with Crippen LogP contribution in [-0.4, -0.2) is 62.6 Å². The molecule has 2 heterocycles. The van der Waals surface area contributed by atoms with E-state index in [-0.39, 0.29) is 24.5 Å². The van der Waals surface area contributed by atoms with Crippen molar-refractivity contribution in [3.63, 3.8) is 0 Å². The topological polar surface area (TPSA) is 127 Å². The first-order valence-corrected chi connectivity index (χ1v) is 12.5. The molecule has 1 unspecified atom stereocenters. The van der Waals surface area contributed by atoms with Crippen molar-refractivity contribution >= 4 is 22.9 Å². The molecule has 0 spiro atoms. The first kappa shape index (κ1) is 24.7. The van der Waals surface area contributed by atoms with Gasteiger partial charge in [0, 0.05) is 47.3 Å². The maximum Gasteiger partial charge on any atom is 0.435 e. The van der Waals surface area contributed by atoms with E-state index >= 15 is 0 Å². The summed E-state index contributed by atoms with van der Waals surface area (Å²) in [5, 5.41) is 8.85. The number of aryl methyl sites for hydroxylation is 2. The molecule has 2 aromatic heterocycles. The van der Waals surface area contributed by atoms with Gasteiger partial charge in [-0.05, 0) is 75.2 Å². The number of carbonyl (C=O) groups excluding carboxylic acids is 2. The summed E-state index contributed by atoms with van der Waals surface area (Å²) in [5.74, 6) is 0.556. The minimum Gasteiger partial charge on any atom is -0.496 e. The predicted octanol–water partition coefficient (Wildman–Crippen LogP) is 4.62. The Labute approximate surface area is 214 Å². The number of amides is 1. The van der Waals surface area contributed by atoms with Gasteiger partial charge >= 0.3 is 6.09 Å². The monoisotopic (exact) mass is 505 g/mol. The minimum atomic E-state index is -0.953. The molecule has 2 aliphatic carbocycles. The first-order chi connectivity index (χ1) is 17.7. The fourth-order valence-electron chi connectivity index (χ4n) is 5.17. The Morgan fingerprint density at radius 2 is 2.03 bits per heavy atom. The molecule has 3 aromatic rings. The predicted molar refractivity (Wildman–Crippen MR) is 137 cm³/mol. The van der Waals surface area contributed by atoms with Crippen molar-refractivity contribution in [2.75, 3.05) is 13.7 Å². The van der Waals surface area contributed by atoms with E-state index in [1.165, 1.54) is 4.68 Å². The molecular formula is C26H31N7O4. The van der Waals surface area contributed by atoms with Crippen LogP contribution in [0.15, 0.2) is 35.7 Å². The number of nitrogens with zero attached hydrogens (tertiary/aromatic N) is 7. The van der Waals surface area contributed by atoms with Crippen LogP contribution in [0, 0.1) is 0 Å². The van der Waals surface area contributed by atoms with Crippen molar-refractivity contribution in [2.24, 2.45) is 12.2 Å². The number of aromatic nitrogens is 3. The minimum absolute atomic E-state index is 0.00810. The Bertz CT molecular complexity index is 1410. The molecule has 11 nitrogen and oxygen atoms in total. The second-order valence-corrected chi connectivity index (χ2v) is 10.4. The van der Waals surface area contributed by atoms with Gasteiger partial charge in [-0.3, -0.25) is 4.79 Å². The summed E-state index contributed by atoms with van der Waals surface area (Å²) in [6.45, 7) is 3.38. The molecule has 0 aliphatic heterocycles. The van der Waals surface area contributed by atoms with Gasteiger partial charge in [-0.15, -0.1) is 0 Å². The van der Waals surface area contributed by atoms with Crippen molar-refractivity contribution in [3.05, 3.63) is 57.9 Å². The second-order valence-electron chi connectivity index (χ2n) is 10.4. The molecule has 194 valence electrons. The molecule has 0 N–H and O–H groups in total. The molecule has 0 bridgehead atoms. The molecule has 1 aromatic carbocycles. The average Bonchev–Trinajstić information content (AvgIpc) is 3.49. The number of ether oxygens (including phenoxy) is 2. The van der Waals surface area contributed by atoms with Crippen LogP contribution >= 0.6 is 0 Å². The summed E-state index contributed by atoms with van der Waals surface area (Å²) in [7, 11) is 3.56. The Hall–Kier alpha value is -3.98. The van der Waals surface area contributed by atoms with E-state index in [1.54, 1.807) is 27.2 Å². The van der Waals surface area contributed by atoms with Gasteiger partial charge in [0.2, 0.25) is 0 Å². The second kappa shape index (κ2) is 9.48. The zero-order valence-corrected chi connectivity index (χ0v) is 21.5. The van der Waals surface area contributed by atoms with Gasteiger partial charge in [-0.25, -0.2) is 4.79 Å². The SMILES string of the molecule is COc1ccc2c(ccn2C)c1C(=O)N(C1CC1)C1CCc2nn(C(=O)OC(C)(C)CN=[N+]=[N-])cc2C1. The normalized spacial score (nSPS) is 17.1. The highest BCUT2D eigenvalue weighted by atomic mass is 16.6. The summed E-state index contributed by atoms with van der Waals surface area (Å²) in [6.07, 6.45) is 7.02. The highest BCUT2D eigenvalue weighted by molar-refractivity contribution is 6.09. The lowest BCUT2D eigenvalue weighted by Crippen LogP contribution is -2.45. The van der Waals surface area contributed by atoms with Crippen LogP contribution in [0.25, 0.3) is 21.3 Å². The van der Waals surface area contributed by atoms with Crippen LogP contribution in [0.1, 0.15) is 54.7 Å². The molecule has 11 heteroatoms. The number of azide groups is 1. The van der Waals surface area contributed by atoms with E-state index in [1.807, 2.05) is 40.9 Å². The van der Waals surface area contributed by atoms with E-state index < -0.39 is 11.7 Å². The smallest absolute Gasteiger partial charge is 0.435 e. The molecular weight excluding hydrogens is 474 g/mol. The van der Waals surface area contributed by atoms with E-state index in [0.717, 1.165) is 41.4 Å². The zero-order valence-electron chi connectivity index (χ0n) is 21.5. The Morgan fingerprint density at radius 1 is 1.24 bits per heavy atom. The number of fused-ring (bicyclic) bond motifs is 2. The quantitative estimate of drug-likeness (QED) is 0.263. The van der Waals surface area contributed by atoms with Crippen molar-refractivity contribution in [2.45, 2.75) is 63.6 Å². The number of benzene rings is 1. The van der Waals surface area contributed by atoms with Crippen molar-refractivity contribution in [1.29, 1.82) is 0 Å². The number of hydrogen-bond acceptors (Lipinski definition) is 6. The van der Waals surface area contributed by atoms with E-state index in [4.69, 9.17) is 15.0 Å². The third-order valence-corrected chi connectivity index (χ3v) is 7.14. The van der Waals surface area contributed by atoms with Gasteiger partial charge in [0.1, 0.15) is 11.4 Å². The maximum atomic E-state index is 14.1. The van der Waals surface area contributed by atoms with Crippen LogP contribution in [0.5, 0.6) is 5.75 Å². The molecule has 2 aliphatic rings. The van der Waals surface area contributed by atoms with Gasteiger partial charge in [-0.1, -0.05) is 5.11 Å². The van der Waals surface area contributed by atoms with E-state index in [0.29, 0.717) is 24.2 Å². The maximum absolute atomic E-state index is 14.1. The van der Waals surface area contributed by atoms with Crippen LogP contribution in [-0.2, 0) is 24.6 Å². The van der Waals surface area contributed by atoms with Gasteiger partial charge in [0.15, 0.2) is 0 Å². The number of methoxy groups -OCH3 is 1. The van der Waals surface area contributed by atoms with E-state index in [2.05, 4.69) is 15.1 Å². The summed E-state index contributed by atoms with van der Waals surface area (Å²) in [4.78, 5) is 31.6. The average molecular weight is 506 g/mol. The largest absolute Gasteiger partial charge is 0.496 e. The molecule has 1 amide bonds. The molecule has 1 saturated carbocycles. The fourth-order valence-corrected chi connectivity index (χ4v) is 5.17. The summed E-state index contributed by atoms with van der Waals surface area (Å²) in [6, 6.07) is 5.99. The molecule has 1 atom stereocenters. The van der Waals surface area contributed by atoms with Crippen LogP contribution in [0.4, 0.5) is 4.79 Å². The molecule has 37 heavy (non-hydrogen) atoms. The molecule has 1 fully saturated rings. The number of rotatable bonds is 7.